The lowest BCUT2D eigenvalue weighted by atomic mass is 9.93. The Morgan fingerprint density at radius 2 is 1.17 bits per heavy atom. The lowest BCUT2D eigenvalue weighted by Crippen LogP contribution is -1.94. The minimum atomic E-state index is 0.509. The maximum atomic E-state index is 4.16. The summed E-state index contributed by atoms with van der Waals surface area (Å²) in [6, 6.07) is 6.39. The van der Waals surface area contributed by atoms with Crippen molar-refractivity contribution in [2.24, 2.45) is 4.99 Å². The molecule has 0 saturated carbocycles. The van der Waals surface area contributed by atoms with E-state index in [4.69, 9.17) is 0 Å². The number of para-hydroxylation sites is 1. The Morgan fingerprint density at radius 3 is 1.39 bits per heavy atom. The summed E-state index contributed by atoms with van der Waals surface area (Å²) in [5, 5.41) is 0. The third kappa shape index (κ3) is 5.48. The zero-order chi connectivity index (χ0) is 14.7. The Hall–Kier alpha value is -1.11. The molecule has 0 fully saturated rings. The summed E-state index contributed by atoms with van der Waals surface area (Å²) >= 11 is 0. The largest absolute Gasteiger partial charge is 0.264 e. The van der Waals surface area contributed by atoms with Gasteiger partial charge in [0, 0.05) is 0 Å². The van der Waals surface area contributed by atoms with Crippen molar-refractivity contribution in [3.05, 3.63) is 29.3 Å². The fourth-order valence-electron chi connectivity index (χ4n) is 1.69. The molecule has 0 saturated heterocycles. The van der Waals surface area contributed by atoms with E-state index in [1.165, 1.54) is 11.1 Å². The molecule has 0 radical (unpaired) electrons. The second-order valence-corrected chi connectivity index (χ2v) is 4.25. The lowest BCUT2D eigenvalue weighted by molar-refractivity contribution is 0.835. The molecule has 104 valence electrons. The third-order valence-corrected chi connectivity index (χ3v) is 2.50. The van der Waals surface area contributed by atoms with Gasteiger partial charge in [0.2, 0.25) is 0 Å². The van der Waals surface area contributed by atoms with Crippen LogP contribution in [0.15, 0.2) is 23.2 Å². The van der Waals surface area contributed by atoms with E-state index < -0.39 is 0 Å². The molecule has 0 aliphatic carbocycles. The van der Waals surface area contributed by atoms with E-state index in [1.807, 2.05) is 27.7 Å². The lowest BCUT2D eigenvalue weighted by Gasteiger charge is -2.15. The van der Waals surface area contributed by atoms with Gasteiger partial charge < -0.3 is 0 Å². The number of benzene rings is 1. The summed E-state index contributed by atoms with van der Waals surface area (Å²) in [4.78, 5) is 4.16. The molecule has 0 atom stereocenters. The molecule has 0 bridgehead atoms. The zero-order valence-electron chi connectivity index (χ0n) is 13.5. The monoisotopic (exact) mass is 249 g/mol. The first-order valence-electron chi connectivity index (χ1n) is 7.17. The predicted octanol–water partition coefficient (Wildman–Crippen LogP) is 6.32. The van der Waals surface area contributed by atoms with Crippen LogP contribution in [0, 0.1) is 0 Å². The molecule has 0 N–H and O–H groups in total. The van der Waals surface area contributed by atoms with Gasteiger partial charge in [-0.15, -0.1) is 0 Å². The number of rotatable bonds is 3. The van der Waals surface area contributed by atoms with Crippen LogP contribution < -0.4 is 0 Å². The molecule has 0 aliphatic heterocycles. The van der Waals surface area contributed by atoms with Gasteiger partial charge in [0.05, 0.1) is 5.69 Å². The Kier molecular flexibility index (Phi) is 11.8. The quantitative estimate of drug-likeness (QED) is 0.556. The highest BCUT2D eigenvalue weighted by Crippen LogP contribution is 2.33. The van der Waals surface area contributed by atoms with Crippen LogP contribution in [-0.2, 0) is 0 Å². The molecule has 18 heavy (non-hydrogen) atoms. The van der Waals surface area contributed by atoms with Crippen molar-refractivity contribution >= 4 is 12.4 Å². The predicted molar refractivity (Wildman–Crippen MR) is 86.5 cm³/mol. The number of nitrogens with zero attached hydrogens (tertiary/aromatic N) is 1. The maximum absolute atomic E-state index is 4.16. The van der Waals surface area contributed by atoms with Gasteiger partial charge in [-0.2, -0.15) is 0 Å². The highest BCUT2D eigenvalue weighted by Gasteiger charge is 2.11. The summed E-state index contributed by atoms with van der Waals surface area (Å²) in [6.07, 6.45) is 0. The van der Waals surface area contributed by atoms with Gasteiger partial charge >= 0.3 is 0 Å². The van der Waals surface area contributed by atoms with Gasteiger partial charge in [-0.1, -0.05) is 73.6 Å². The molecule has 1 heteroatoms. The van der Waals surface area contributed by atoms with Crippen molar-refractivity contribution in [2.45, 2.75) is 67.2 Å². The Labute approximate surface area is 114 Å². The molecule has 0 amide bonds. The van der Waals surface area contributed by atoms with Gasteiger partial charge in [-0.3, -0.25) is 4.99 Å². The fourth-order valence-corrected chi connectivity index (χ4v) is 1.69. The molecular weight excluding hydrogens is 218 g/mol. The van der Waals surface area contributed by atoms with Crippen LogP contribution in [-0.4, -0.2) is 6.72 Å². The van der Waals surface area contributed by atoms with Crippen molar-refractivity contribution < 1.29 is 0 Å². The van der Waals surface area contributed by atoms with Gasteiger partial charge in [0.15, 0.2) is 0 Å². The fraction of sp³-hybridized carbons (Fsp3) is 0.588. The minimum absolute atomic E-state index is 0.509. The first-order chi connectivity index (χ1) is 8.57. The molecule has 0 heterocycles. The average Bonchev–Trinajstić information content (AvgIpc) is 2.42. The summed E-state index contributed by atoms with van der Waals surface area (Å²) in [5.74, 6) is 1.02. The van der Waals surface area contributed by atoms with Crippen LogP contribution in [0.25, 0.3) is 0 Å². The van der Waals surface area contributed by atoms with Crippen molar-refractivity contribution in [1.82, 2.24) is 0 Å². The second kappa shape index (κ2) is 11.0. The van der Waals surface area contributed by atoms with E-state index in [0.29, 0.717) is 11.8 Å². The van der Waals surface area contributed by atoms with Gasteiger partial charge in [-0.25, -0.2) is 0 Å². The summed E-state index contributed by atoms with van der Waals surface area (Å²) in [6.45, 7) is 20.4. The maximum Gasteiger partial charge on any atom is 0.0691 e. The van der Waals surface area contributed by atoms with Crippen molar-refractivity contribution in [2.75, 3.05) is 0 Å². The van der Waals surface area contributed by atoms with E-state index in [0.717, 1.165) is 5.69 Å². The van der Waals surface area contributed by atoms with Crippen molar-refractivity contribution in [3.8, 4) is 0 Å². The van der Waals surface area contributed by atoms with Crippen LogP contribution >= 0.6 is 0 Å². The summed E-state index contributed by atoms with van der Waals surface area (Å²) in [7, 11) is 0. The summed E-state index contributed by atoms with van der Waals surface area (Å²) < 4.78 is 0. The third-order valence-electron chi connectivity index (χ3n) is 2.50. The van der Waals surface area contributed by atoms with Gasteiger partial charge in [-0.05, 0) is 29.7 Å². The molecule has 1 aromatic rings. The molecule has 0 aliphatic rings. The molecular formula is C17H31N. The van der Waals surface area contributed by atoms with Crippen LogP contribution in [0.5, 0.6) is 0 Å². The van der Waals surface area contributed by atoms with Crippen LogP contribution in [0.4, 0.5) is 5.69 Å². The highest BCUT2D eigenvalue weighted by atomic mass is 14.7. The Balaban J connectivity index is 0. The SMILES string of the molecule is C=Nc1c(C(C)C)cccc1C(C)C.CC.CC. The topological polar surface area (TPSA) is 12.4 Å². The molecule has 0 unspecified atom stereocenters. The number of hydrogen-bond donors (Lipinski definition) is 0. The van der Waals surface area contributed by atoms with Crippen molar-refractivity contribution in [3.63, 3.8) is 0 Å². The Bertz CT molecular complexity index is 298. The van der Waals surface area contributed by atoms with Crippen LogP contribution in [0.2, 0.25) is 0 Å². The number of hydrogen-bond acceptors (Lipinski definition) is 1. The molecule has 1 rings (SSSR count). The first-order valence-corrected chi connectivity index (χ1v) is 7.17. The molecule has 0 aromatic heterocycles. The van der Waals surface area contributed by atoms with Gasteiger partial charge in [0.1, 0.15) is 0 Å². The summed E-state index contributed by atoms with van der Waals surface area (Å²) in [5.41, 5.74) is 3.68. The van der Waals surface area contributed by atoms with Crippen LogP contribution in [0.1, 0.15) is 78.4 Å². The van der Waals surface area contributed by atoms with E-state index in [9.17, 15) is 0 Å². The first kappa shape index (κ1) is 19.2. The Morgan fingerprint density at radius 1 is 0.833 bits per heavy atom. The average molecular weight is 249 g/mol. The minimum Gasteiger partial charge on any atom is -0.264 e. The van der Waals surface area contributed by atoms with E-state index in [1.54, 1.807) is 0 Å². The zero-order valence-corrected chi connectivity index (χ0v) is 13.5. The van der Waals surface area contributed by atoms with Crippen LogP contribution in [0.3, 0.4) is 0 Å². The normalized spacial score (nSPS) is 9.22. The van der Waals surface area contributed by atoms with E-state index in [-0.39, 0.29) is 0 Å². The van der Waals surface area contributed by atoms with E-state index in [2.05, 4.69) is 57.6 Å². The second-order valence-electron chi connectivity index (χ2n) is 4.25. The van der Waals surface area contributed by atoms with Crippen molar-refractivity contribution in [1.29, 1.82) is 0 Å². The highest BCUT2D eigenvalue weighted by molar-refractivity contribution is 5.59. The standard InChI is InChI=1S/C13H19N.2C2H6/c1-9(2)11-7-6-8-12(10(3)4)13(11)14-5;2*1-2/h6-10H,5H2,1-4H3;2*1-2H3. The molecule has 1 nitrogen and oxygen atoms in total. The number of aliphatic imine (C=N–C) groups is 1. The molecule has 1 aromatic carbocycles. The van der Waals surface area contributed by atoms with Gasteiger partial charge in [0.25, 0.3) is 0 Å². The molecule has 0 spiro atoms. The smallest absolute Gasteiger partial charge is 0.0691 e. The van der Waals surface area contributed by atoms with E-state index >= 15 is 0 Å².